The summed E-state index contributed by atoms with van der Waals surface area (Å²) in [6.45, 7) is 9.05. The van der Waals surface area contributed by atoms with Crippen LogP contribution in [-0.2, 0) is 0 Å². The van der Waals surface area contributed by atoms with Crippen LogP contribution in [0.1, 0.15) is 23.1 Å². The lowest BCUT2D eigenvalue weighted by Crippen LogP contribution is -2.19. The summed E-state index contributed by atoms with van der Waals surface area (Å²) in [6.07, 6.45) is 2.63. The highest BCUT2D eigenvalue weighted by Crippen LogP contribution is 2.19. The Morgan fingerprint density at radius 2 is 1.93 bits per heavy atom. The lowest BCUT2D eigenvalue weighted by molar-refractivity contribution is 0.246. The number of thiazole rings is 1. The maximum absolute atomic E-state index is 11.8. The van der Waals surface area contributed by atoms with E-state index in [1.165, 1.54) is 16.9 Å². The topological polar surface area (TPSA) is 51.3 Å². The number of nitrogens with one attached hydrogen (secondary N) is 1. The zero-order valence-corrected chi connectivity index (χ0v) is 16.4. The third kappa shape index (κ3) is 5.34. The van der Waals surface area contributed by atoms with Crippen molar-refractivity contribution in [3.8, 4) is 11.5 Å². The molecule has 0 fully saturated rings. The molecule has 5 heteroatoms. The first-order valence-electron chi connectivity index (χ1n) is 8.84. The second-order valence-electron chi connectivity index (χ2n) is 6.38. The maximum atomic E-state index is 11.8. The molecule has 4 nitrogen and oxygen atoms in total. The predicted octanol–water partition coefficient (Wildman–Crippen LogP) is 3.14. The Morgan fingerprint density at radius 1 is 1.11 bits per heavy atom. The van der Waals surface area contributed by atoms with Gasteiger partial charge in [0.2, 0.25) is 0 Å². The zero-order valence-electron chi connectivity index (χ0n) is 15.6. The molecule has 0 spiro atoms. The van der Waals surface area contributed by atoms with Gasteiger partial charge in [0.15, 0.2) is 0 Å². The van der Waals surface area contributed by atoms with Crippen molar-refractivity contribution in [1.82, 2.24) is 4.98 Å². The van der Waals surface area contributed by atoms with Crippen LogP contribution < -0.4 is 24.2 Å². The summed E-state index contributed by atoms with van der Waals surface area (Å²) in [4.78, 5) is 14.5. The average Bonchev–Trinajstić information content (AvgIpc) is 2.94. The van der Waals surface area contributed by atoms with Gasteiger partial charge >= 0.3 is 0 Å². The minimum atomic E-state index is -0.111. The van der Waals surface area contributed by atoms with E-state index in [2.05, 4.69) is 37.5 Å². The Labute approximate surface area is 162 Å². The molecule has 0 bridgehead atoms. The average molecular weight is 381 g/mol. The molecule has 3 aromatic rings. The molecular weight excluding hydrogens is 358 g/mol. The molecule has 2 aromatic carbocycles. The van der Waals surface area contributed by atoms with Crippen LogP contribution in [0.4, 0.5) is 0 Å². The van der Waals surface area contributed by atoms with E-state index in [-0.39, 0.29) is 5.56 Å². The third-order valence-electron chi connectivity index (χ3n) is 4.01. The van der Waals surface area contributed by atoms with Gasteiger partial charge < -0.3 is 14.5 Å². The van der Waals surface area contributed by atoms with E-state index < -0.39 is 0 Å². The van der Waals surface area contributed by atoms with Crippen molar-refractivity contribution in [3.05, 3.63) is 78.7 Å². The minimum Gasteiger partial charge on any atom is -0.493 e. The summed E-state index contributed by atoms with van der Waals surface area (Å²) >= 11 is 1.35. The van der Waals surface area contributed by atoms with Crippen molar-refractivity contribution in [3.63, 3.8) is 0 Å². The van der Waals surface area contributed by atoms with E-state index in [1.54, 1.807) is 0 Å². The molecule has 140 valence electrons. The fraction of sp³-hybridized carbons (Fsp3) is 0.227. The van der Waals surface area contributed by atoms with E-state index in [0.29, 0.717) is 22.4 Å². The van der Waals surface area contributed by atoms with Gasteiger partial charge in [0.25, 0.3) is 5.56 Å². The third-order valence-corrected chi connectivity index (χ3v) is 4.88. The Balaban J connectivity index is 1.53. The molecule has 0 aliphatic heterocycles. The van der Waals surface area contributed by atoms with Crippen LogP contribution in [0.3, 0.4) is 0 Å². The number of ether oxygens (including phenoxy) is 2. The number of aromatic nitrogens is 1. The molecule has 0 aliphatic carbocycles. The molecule has 0 radical (unpaired) electrons. The molecule has 0 aliphatic rings. The van der Waals surface area contributed by atoms with Crippen molar-refractivity contribution < 1.29 is 9.47 Å². The van der Waals surface area contributed by atoms with Gasteiger partial charge in [-0.3, -0.25) is 4.79 Å². The molecule has 27 heavy (non-hydrogen) atoms. The number of rotatable bonds is 7. The Bertz CT molecular complexity index is 1080. The maximum Gasteiger partial charge on any atom is 0.266 e. The van der Waals surface area contributed by atoms with Gasteiger partial charge in [-0.1, -0.05) is 36.4 Å². The SMILES string of the molecule is C=c1[nH]c(=O)c(=Cc2cccc(OCCCOc3ccc(C)cc3C)c2)s1. The normalized spacial score (nSPS) is 11.6. The quantitative estimate of drug-likeness (QED) is 0.640. The summed E-state index contributed by atoms with van der Waals surface area (Å²) < 4.78 is 12.9. The highest BCUT2D eigenvalue weighted by Gasteiger charge is 2.01. The van der Waals surface area contributed by atoms with Gasteiger partial charge in [0.1, 0.15) is 11.5 Å². The Morgan fingerprint density at radius 3 is 2.67 bits per heavy atom. The molecule has 1 aromatic heterocycles. The lowest BCUT2D eigenvalue weighted by Gasteiger charge is -2.10. The van der Waals surface area contributed by atoms with Crippen LogP contribution in [0.2, 0.25) is 0 Å². The van der Waals surface area contributed by atoms with Crippen LogP contribution in [0, 0.1) is 13.8 Å². The standard InChI is InChI=1S/C22H23NO3S/c1-15-8-9-20(16(2)12-15)26-11-5-10-25-19-7-4-6-18(13-19)14-21-22(24)23-17(3)27-21/h4,6-9,12-14H,3,5,10-11H2,1-2H3,(H,23,24). The molecule has 1 heterocycles. The first kappa shape index (κ1) is 19.0. The number of hydrogen-bond acceptors (Lipinski definition) is 4. The van der Waals surface area contributed by atoms with Crippen molar-refractivity contribution in [2.24, 2.45) is 0 Å². The second-order valence-corrected chi connectivity index (χ2v) is 7.52. The van der Waals surface area contributed by atoms with Gasteiger partial charge in [0, 0.05) is 6.42 Å². The van der Waals surface area contributed by atoms with E-state index in [1.807, 2.05) is 36.4 Å². The number of hydrogen-bond donors (Lipinski definition) is 1. The van der Waals surface area contributed by atoms with Crippen LogP contribution in [0.5, 0.6) is 11.5 Å². The van der Waals surface area contributed by atoms with Crippen LogP contribution >= 0.6 is 11.3 Å². The molecule has 1 N–H and O–H groups in total. The predicted molar refractivity (Wildman–Crippen MR) is 111 cm³/mol. The van der Waals surface area contributed by atoms with Crippen molar-refractivity contribution >= 4 is 24.0 Å². The monoisotopic (exact) mass is 381 g/mol. The fourth-order valence-corrected chi connectivity index (χ4v) is 3.47. The van der Waals surface area contributed by atoms with Gasteiger partial charge in [-0.05, 0) is 49.2 Å². The molecular formula is C22H23NO3S. The highest BCUT2D eigenvalue weighted by molar-refractivity contribution is 7.07. The lowest BCUT2D eigenvalue weighted by atomic mass is 10.1. The summed E-state index contributed by atoms with van der Waals surface area (Å²) in [6, 6.07) is 13.9. The zero-order chi connectivity index (χ0) is 19.2. The second kappa shape index (κ2) is 8.73. The largest absolute Gasteiger partial charge is 0.493 e. The van der Waals surface area contributed by atoms with Crippen molar-refractivity contribution in [2.75, 3.05) is 13.2 Å². The first-order valence-corrected chi connectivity index (χ1v) is 9.65. The van der Waals surface area contributed by atoms with E-state index in [9.17, 15) is 4.79 Å². The van der Waals surface area contributed by atoms with Gasteiger partial charge in [-0.25, -0.2) is 0 Å². The highest BCUT2D eigenvalue weighted by atomic mass is 32.1. The number of aryl methyl sites for hydroxylation is 2. The summed E-state index contributed by atoms with van der Waals surface area (Å²) in [5.41, 5.74) is 3.19. The number of aromatic amines is 1. The van der Waals surface area contributed by atoms with Gasteiger partial charge in [-0.15, -0.1) is 11.3 Å². The van der Waals surface area contributed by atoms with Gasteiger partial charge in [0.05, 0.1) is 22.4 Å². The summed E-state index contributed by atoms with van der Waals surface area (Å²) in [7, 11) is 0. The number of H-pyrrole nitrogens is 1. The van der Waals surface area contributed by atoms with Crippen molar-refractivity contribution in [2.45, 2.75) is 20.3 Å². The minimum absolute atomic E-state index is 0.111. The van der Waals surface area contributed by atoms with Crippen LogP contribution in [-0.4, -0.2) is 18.2 Å². The van der Waals surface area contributed by atoms with Crippen LogP contribution in [0.25, 0.3) is 12.7 Å². The molecule has 0 saturated heterocycles. The smallest absolute Gasteiger partial charge is 0.266 e. The Kier molecular flexibility index (Phi) is 6.14. The first-order chi connectivity index (χ1) is 13.0. The molecule has 3 rings (SSSR count). The van der Waals surface area contributed by atoms with E-state index in [0.717, 1.165) is 29.0 Å². The molecule has 0 amide bonds. The summed E-state index contributed by atoms with van der Waals surface area (Å²) in [5, 5.41) is 0. The molecule has 0 atom stereocenters. The summed E-state index contributed by atoms with van der Waals surface area (Å²) in [5.74, 6) is 1.70. The molecule has 0 saturated carbocycles. The molecule has 0 unspecified atom stereocenters. The van der Waals surface area contributed by atoms with E-state index >= 15 is 0 Å². The van der Waals surface area contributed by atoms with E-state index in [4.69, 9.17) is 9.47 Å². The number of benzene rings is 2. The van der Waals surface area contributed by atoms with Crippen LogP contribution in [0.15, 0.2) is 47.3 Å². The Hall–Kier alpha value is -2.79. The van der Waals surface area contributed by atoms with Gasteiger partial charge in [-0.2, -0.15) is 0 Å². The fourth-order valence-electron chi connectivity index (χ4n) is 2.73. The van der Waals surface area contributed by atoms with Crippen molar-refractivity contribution in [1.29, 1.82) is 0 Å².